The Hall–Kier alpha value is -2.87. The molecule has 0 unspecified atom stereocenters. The molecule has 3 aromatic rings. The molecule has 0 bridgehead atoms. The number of nitrogens with one attached hydrogen (secondary N) is 1. The van der Waals surface area contributed by atoms with Crippen LogP contribution in [0.1, 0.15) is 12.8 Å². The van der Waals surface area contributed by atoms with Crippen molar-refractivity contribution in [3.05, 3.63) is 54.0 Å². The average molecular weight is 403 g/mol. The van der Waals surface area contributed by atoms with E-state index in [4.69, 9.17) is 11.6 Å². The van der Waals surface area contributed by atoms with Crippen molar-refractivity contribution >= 4 is 29.1 Å². The molecule has 1 fully saturated rings. The first-order valence-electron chi connectivity index (χ1n) is 8.83. The smallest absolute Gasteiger partial charge is 0.229 e. The second-order valence-corrected chi connectivity index (χ2v) is 6.88. The average Bonchev–Trinajstić information content (AvgIpc) is 2.72. The minimum absolute atomic E-state index is 0.00768. The molecule has 9 heteroatoms. The molecule has 0 aliphatic carbocycles. The summed E-state index contributed by atoms with van der Waals surface area (Å²) < 4.78 is 27.0. The molecule has 0 saturated carbocycles. The molecule has 2 aromatic heterocycles. The third-order valence-electron chi connectivity index (χ3n) is 4.54. The van der Waals surface area contributed by atoms with E-state index in [0.29, 0.717) is 43.4 Å². The van der Waals surface area contributed by atoms with Crippen molar-refractivity contribution in [2.24, 2.45) is 0 Å². The Labute approximate surface area is 165 Å². The first kappa shape index (κ1) is 18.5. The van der Waals surface area contributed by atoms with Crippen molar-refractivity contribution in [2.75, 3.05) is 23.3 Å². The molecule has 0 spiro atoms. The molecule has 0 radical (unpaired) electrons. The first-order valence-corrected chi connectivity index (χ1v) is 9.21. The third kappa shape index (κ3) is 4.01. The van der Waals surface area contributed by atoms with Gasteiger partial charge in [-0.2, -0.15) is 4.98 Å². The second-order valence-electron chi connectivity index (χ2n) is 6.47. The minimum atomic E-state index is -0.791. The van der Waals surface area contributed by atoms with E-state index in [1.54, 1.807) is 24.7 Å². The minimum Gasteiger partial charge on any atom is -0.356 e. The maximum atomic E-state index is 13.6. The molecule has 28 heavy (non-hydrogen) atoms. The molecule has 1 N–H and O–H groups in total. The van der Waals surface area contributed by atoms with E-state index < -0.39 is 12.0 Å². The Bertz CT molecular complexity index is 964. The lowest BCUT2D eigenvalue weighted by atomic mass is 10.1. The highest BCUT2D eigenvalue weighted by atomic mass is 35.5. The van der Waals surface area contributed by atoms with E-state index in [-0.39, 0.29) is 5.02 Å². The van der Waals surface area contributed by atoms with Crippen molar-refractivity contribution in [3.63, 3.8) is 0 Å². The fourth-order valence-electron chi connectivity index (χ4n) is 3.08. The van der Waals surface area contributed by atoms with Gasteiger partial charge in [-0.1, -0.05) is 11.6 Å². The molecule has 4 rings (SSSR count). The second kappa shape index (κ2) is 8.02. The van der Waals surface area contributed by atoms with Gasteiger partial charge < -0.3 is 10.2 Å². The lowest BCUT2D eigenvalue weighted by molar-refractivity contribution is 0.277. The maximum absolute atomic E-state index is 13.6. The predicted molar refractivity (Wildman–Crippen MR) is 104 cm³/mol. The zero-order valence-corrected chi connectivity index (χ0v) is 15.6. The Morgan fingerprint density at radius 3 is 2.57 bits per heavy atom. The van der Waals surface area contributed by atoms with Crippen molar-refractivity contribution in [1.82, 2.24) is 19.9 Å². The van der Waals surface area contributed by atoms with Crippen LogP contribution < -0.4 is 10.2 Å². The zero-order chi connectivity index (χ0) is 19.5. The molecule has 1 saturated heterocycles. The van der Waals surface area contributed by atoms with Gasteiger partial charge in [0.05, 0.1) is 5.02 Å². The third-order valence-corrected chi connectivity index (χ3v) is 4.83. The number of hydrogen-bond acceptors (Lipinski definition) is 6. The summed E-state index contributed by atoms with van der Waals surface area (Å²) in [5, 5.41) is 3.04. The summed E-state index contributed by atoms with van der Waals surface area (Å²) in [5.41, 5.74) is 2.10. The fourth-order valence-corrected chi connectivity index (χ4v) is 3.26. The predicted octanol–water partition coefficient (Wildman–Crippen LogP) is 4.41. The molecule has 3 heterocycles. The van der Waals surface area contributed by atoms with E-state index in [0.717, 1.165) is 11.1 Å². The topological polar surface area (TPSA) is 66.8 Å². The van der Waals surface area contributed by atoms with Crippen LogP contribution in [0.4, 0.5) is 26.2 Å². The largest absolute Gasteiger partial charge is 0.356 e. The van der Waals surface area contributed by atoms with Gasteiger partial charge in [0, 0.05) is 48.5 Å². The summed E-state index contributed by atoms with van der Waals surface area (Å²) in [5.74, 6) is 0.510. The van der Waals surface area contributed by atoms with Gasteiger partial charge in [0.1, 0.15) is 24.1 Å². The number of anilines is 3. The van der Waals surface area contributed by atoms with Crippen LogP contribution in [0.15, 0.2) is 43.1 Å². The van der Waals surface area contributed by atoms with Gasteiger partial charge in [-0.25, -0.2) is 23.7 Å². The van der Waals surface area contributed by atoms with Crippen LogP contribution in [0.2, 0.25) is 5.02 Å². The van der Waals surface area contributed by atoms with E-state index in [9.17, 15) is 8.78 Å². The summed E-state index contributed by atoms with van der Waals surface area (Å²) in [6.07, 6.45) is 6.60. The standard InChI is InChI=1S/C19H17ClF2N6/c20-16-7-14(1-2-17(16)22)26-19-25-10-15(12-8-23-11-24-9-12)18(27-19)28-5-3-13(21)4-6-28/h1-2,7-11,13H,3-6H2,(H,25,26,27). The highest BCUT2D eigenvalue weighted by Gasteiger charge is 2.23. The van der Waals surface area contributed by atoms with Crippen LogP contribution in [-0.2, 0) is 0 Å². The van der Waals surface area contributed by atoms with Gasteiger partial charge in [0.15, 0.2) is 0 Å². The van der Waals surface area contributed by atoms with Crippen molar-refractivity contribution in [2.45, 2.75) is 19.0 Å². The quantitative estimate of drug-likeness (QED) is 0.697. The highest BCUT2D eigenvalue weighted by Crippen LogP contribution is 2.32. The summed E-state index contributed by atoms with van der Waals surface area (Å²) in [7, 11) is 0. The lowest BCUT2D eigenvalue weighted by Gasteiger charge is -2.31. The van der Waals surface area contributed by atoms with Crippen LogP contribution in [-0.4, -0.2) is 39.2 Å². The van der Waals surface area contributed by atoms with Gasteiger partial charge in [0.2, 0.25) is 5.95 Å². The summed E-state index contributed by atoms with van der Waals surface area (Å²) in [4.78, 5) is 19.1. The van der Waals surface area contributed by atoms with E-state index in [1.165, 1.54) is 18.5 Å². The SMILES string of the molecule is Fc1ccc(Nc2ncc(-c3cncnc3)c(N3CCC(F)CC3)n2)cc1Cl. The molecule has 0 atom stereocenters. The number of nitrogens with zero attached hydrogens (tertiary/aromatic N) is 5. The van der Waals surface area contributed by atoms with Crippen LogP contribution in [0, 0.1) is 5.82 Å². The van der Waals surface area contributed by atoms with E-state index >= 15 is 0 Å². The Kier molecular flexibility index (Phi) is 5.29. The lowest BCUT2D eigenvalue weighted by Crippen LogP contribution is -2.35. The molecular formula is C19H17ClF2N6. The first-order chi connectivity index (χ1) is 13.6. The molecule has 1 aliphatic heterocycles. The Morgan fingerprint density at radius 2 is 1.86 bits per heavy atom. The van der Waals surface area contributed by atoms with E-state index in [2.05, 4.69) is 25.3 Å². The number of aromatic nitrogens is 4. The number of hydrogen-bond donors (Lipinski definition) is 1. The number of piperidine rings is 1. The van der Waals surface area contributed by atoms with Gasteiger partial charge in [-0.15, -0.1) is 0 Å². The number of alkyl halides is 1. The van der Waals surface area contributed by atoms with Crippen molar-refractivity contribution in [3.8, 4) is 11.1 Å². The van der Waals surface area contributed by atoms with Crippen LogP contribution in [0.3, 0.4) is 0 Å². The summed E-state index contributed by atoms with van der Waals surface area (Å²) in [6, 6.07) is 4.29. The number of halogens is 3. The normalized spacial score (nSPS) is 14.9. The summed E-state index contributed by atoms with van der Waals surface area (Å²) >= 11 is 5.84. The van der Waals surface area contributed by atoms with Gasteiger partial charge >= 0.3 is 0 Å². The van der Waals surface area contributed by atoms with Crippen LogP contribution in [0.5, 0.6) is 0 Å². The summed E-state index contributed by atoms with van der Waals surface area (Å²) in [6.45, 7) is 1.11. The number of rotatable bonds is 4. The molecule has 6 nitrogen and oxygen atoms in total. The van der Waals surface area contributed by atoms with Gasteiger partial charge in [-0.05, 0) is 31.0 Å². The molecule has 144 valence electrons. The zero-order valence-electron chi connectivity index (χ0n) is 14.8. The number of benzene rings is 1. The van der Waals surface area contributed by atoms with Crippen LogP contribution >= 0.6 is 11.6 Å². The Morgan fingerprint density at radius 1 is 1.11 bits per heavy atom. The van der Waals surface area contributed by atoms with E-state index in [1.807, 2.05) is 4.90 Å². The Balaban J connectivity index is 1.69. The van der Waals surface area contributed by atoms with Crippen molar-refractivity contribution < 1.29 is 8.78 Å². The monoisotopic (exact) mass is 402 g/mol. The molecule has 0 amide bonds. The maximum Gasteiger partial charge on any atom is 0.229 e. The van der Waals surface area contributed by atoms with Crippen LogP contribution in [0.25, 0.3) is 11.1 Å². The fraction of sp³-hybridized carbons (Fsp3) is 0.263. The van der Waals surface area contributed by atoms with Gasteiger partial charge in [0.25, 0.3) is 0 Å². The highest BCUT2D eigenvalue weighted by molar-refractivity contribution is 6.31. The molecule has 1 aliphatic rings. The molecular weight excluding hydrogens is 386 g/mol. The van der Waals surface area contributed by atoms with Gasteiger partial charge in [-0.3, -0.25) is 0 Å². The molecule has 1 aromatic carbocycles. The van der Waals surface area contributed by atoms with Crippen molar-refractivity contribution in [1.29, 1.82) is 0 Å².